The molecular weight excluding hydrogens is 241 g/mol. The van der Waals surface area contributed by atoms with Crippen LogP contribution < -0.4 is 5.73 Å². The minimum atomic E-state index is -0.488. The second-order valence-electron chi connectivity index (χ2n) is 6.58. The lowest BCUT2D eigenvalue weighted by molar-refractivity contribution is -0.0887. The molecule has 1 saturated carbocycles. The fourth-order valence-electron chi connectivity index (χ4n) is 3.49. The van der Waals surface area contributed by atoms with Gasteiger partial charge in [-0.15, -0.1) is 0 Å². The van der Waals surface area contributed by atoms with Crippen LogP contribution in [0.15, 0.2) is 24.3 Å². The molecule has 0 saturated heterocycles. The zero-order valence-corrected chi connectivity index (χ0v) is 11.8. The summed E-state index contributed by atoms with van der Waals surface area (Å²) in [5.74, 6) is -0.203. The van der Waals surface area contributed by atoms with E-state index in [4.69, 9.17) is 5.73 Å². The molecule has 1 aliphatic carbocycles. The Kier molecular flexibility index (Phi) is 3.98. The van der Waals surface area contributed by atoms with E-state index in [1.54, 1.807) is 12.1 Å². The second kappa shape index (κ2) is 5.22. The van der Waals surface area contributed by atoms with Crippen LogP contribution in [0, 0.1) is 16.6 Å². The van der Waals surface area contributed by atoms with Crippen LogP contribution in [0.5, 0.6) is 0 Å². The van der Waals surface area contributed by atoms with Gasteiger partial charge in [0.25, 0.3) is 0 Å². The molecule has 106 valence electrons. The summed E-state index contributed by atoms with van der Waals surface area (Å²) >= 11 is 0. The Bertz CT molecular complexity index is 446. The molecule has 1 aromatic rings. The molecule has 19 heavy (non-hydrogen) atoms. The van der Waals surface area contributed by atoms with Gasteiger partial charge in [0.15, 0.2) is 0 Å². The Balaban J connectivity index is 2.30. The highest BCUT2D eigenvalue weighted by Crippen LogP contribution is 2.47. The molecule has 2 atom stereocenters. The van der Waals surface area contributed by atoms with Gasteiger partial charge >= 0.3 is 0 Å². The average molecular weight is 265 g/mol. The predicted octanol–water partition coefficient (Wildman–Crippen LogP) is 2.88. The molecule has 2 unspecified atom stereocenters. The second-order valence-corrected chi connectivity index (χ2v) is 6.58. The number of aliphatic hydroxyl groups excluding tert-OH is 1. The van der Waals surface area contributed by atoms with Gasteiger partial charge < -0.3 is 10.8 Å². The van der Waals surface area contributed by atoms with Crippen molar-refractivity contribution < 1.29 is 9.50 Å². The molecule has 3 N–H and O–H groups in total. The van der Waals surface area contributed by atoms with Crippen molar-refractivity contribution in [3.63, 3.8) is 0 Å². The van der Waals surface area contributed by atoms with Gasteiger partial charge in [0.2, 0.25) is 0 Å². The molecule has 2 rings (SSSR count). The number of rotatable bonds is 3. The molecule has 2 nitrogen and oxygen atoms in total. The van der Waals surface area contributed by atoms with Crippen molar-refractivity contribution in [2.24, 2.45) is 16.6 Å². The van der Waals surface area contributed by atoms with Crippen molar-refractivity contribution in [3.8, 4) is 0 Å². The van der Waals surface area contributed by atoms with Gasteiger partial charge in [-0.1, -0.05) is 38.5 Å². The highest BCUT2D eigenvalue weighted by atomic mass is 19.1. The number of nitrogens with two attached hydrogens (primary N) is 1. The standard InChI is InChI=1S/C16H24FNO/c1-15(2)8-5-9-16(11-18,14(15)19)10-12-6-3-4-7-13(12)17/h3-4,6-7,14,19H,5,8-11,18H2,1-2H3. The molecule has 0 bridgehead atoms. The smallest absolute Gasteiger partial charge is 0.126 e. The molecule has 0 amide bonds. The van der Waals surface area contributed by atoms with E-state index in [9.17, 15) is 9.50 Å². The lowest BCUT2D eigenvalue weighted by Crippen LogP contribution is -2.53. The van der Waals surface area contributed by atoms with Gasteiger partial charge in [0.05, 0.1) is 6.10 Å². The third-order valence-corrected chi connectivity index (χ3v) is 4.72. The summed E-state index contributed by atoms with van der Waals surface area (Å²) in [4.78, 5) is 0. The largest absolute Gasteiger partial charge is 0.392 e. The molecule has 0 aliphatic heterocycles. The summed E-state index contributed by atoms with van der Waals surface area (Å²) in [6.07, 6.45) is 2.92. The van der Waals surface area contributed by atoms with E-state index in [2.05, 4.69) is 13.8 Å². The van der Waals surface area contributed by atoms with Crippen molar-refractivity contribution in [1.29, 1.82) is 0 Å². The lowest BCUT2D eigenvalue weighted by Gasteiger charge is -2.49. The Labute approximate surface area is 114 Å². The number of aliphatic hydroxyl groups is 1. The number of hydrogen-bond acceptors (Lipinski definition) is 2. The number of halogens is 1. The maximum absolute atomic E-state index is 13.8. The van der Waals surface area contributed by atoms with Gasteiger partial charge in [0, 0.05) is 12.0 Å². The molecule has 1 aromatic carbocycles. The van der Waals surface area contributed by atoms with Gasteiger partial charge in [0.1, 0.15) is 5.82 Å². The van der Waals surface area contributed by atoms with Crippen LogP contribution in [0.1, 0.15) is 38.7 Å². The molecule has 3 heteroatoms. The fourth-order valence-corrected chi connectivity index (χ4v) is 3.49. The van der Waals surface area contributed by atoms with Crippen LogP contribution in [0.4, 0.5) is 4.39 Å². The van der Waals surface area contributed by atoms with E-state index in [-0.39, 0.29) is 11.2 Å². The number of benzene rings is 1. The third-order valence-electron chi connectivity index (χ3n) is 4.72. The van der Waals surface area contributed by atoms with Gasteiger partial charge in [-0.2, -0.15) is 0 Å². The fraction of sp³-hybridized carbons (Fsp3) is 0.625. The molecule has 0 heterocycles. The van der Waals surface area contributed by atoms with E-state index >= 15 is 0 Å². The van der Waals surface area contributed by atoms with Crippen LogP contribution in [0.2, 0.25) is 0 Å². The van der Waals surface area contributed by atoms with Gasteiger partial charge in [-0.05, 0) is 36.3 Å². The topological polar surface area (TPSA) is 46.2 Å². The zero-order valence-electron chi connectivity index (χ0n) is 11.8. The van der Waals surface area contributed by atoms with E-state index in [0.29, 0.717) is 18.5 Å². The Morgan fingerprint density at radius 1 is 1.32 bits per heavy atom. The Hall–Kier alpha value is -0.930. The minimum Gasteiger partial charge on any atom is -0.392 e. The van der Waals surface area contributed by atoms with Crippen LogP contribution in [0.3, 0.4) is 0 Å². The summed E-state index contributed by atoms with van der Waals surface area (Å²) in [5, 5.41) is 10.7. The lowest BCUT2D eigenvalue weighted by atomic mass is 9.59. The van der Waals surface area contributed by atoms with Gasteiger partial charge in [-0.3, -0.25) is 0 Å². The first-order valence-electron chi connectivity index (χ1n) is 7.03. The predicted molar refractivity (Wildman–Crippen MR) is 75.2 cm³/mol. The summed E-state index contributed by atoms with van der Waals surface area (Å²) in [6.45, 7) is 4.54. The zero-order chi connectivity index (χ0) is 14.1. The monoisotopic (exact) mass is 265 g/mol. The van der Waals surface area contributed by atoms with E-state index in [0.717, 1.165) is 19.3 Å². The molecule has 0 radical (unpaired) electrons. The van der Waals surface area contributed by atoms with Crippen molar-refractivity contribution in [2.75, 3.05) is 6.54 Å². The van der Waals surface area contributed by atoms with Crippen molar-refractivity contribution in [3.05, 3.63) is 35.6 Å². The van der Waals surface area contributed by atoms with Crippen molar-refractivity contribution in [2.45, 2.75) is 45.6 Å². The summed E-state index contributed by atoms with van der Waals surface area (Å²) < 4.78 is 13.8. The average Bonchev–Trinajstić information content (AvgIpc) is 2.38. The van der Waals surface area contributed by atoms with Gasteiger partial charge in [-0.25, -0.2) is 4.39 Å². The summed E-state index contributed by atoms with van der Waals surface area (Å²) in [6, 6.07) is 6.79. The first-order valence-corrected chi connectivity index (χ1v) is 7.03. The maximum Gasteiger partial charge on any atom is 0.126 e. The quantitative estimate of drug-likeness (QED) is 0.882. The highest BCUT2D eigenvalue weighted by Gasteiger charge is 2.47. The maximum atomic E-state index is 13.8. The Morgan fingerprint density at radius 2 is 2.00 bits per heavy atom. The summed E-state index contributed by atoms with van der Waals surface area (Å²) in [5.41, 5.74) is 6.07. The summed E-state index contributed by atoms with van der Waals surface area (Å²) in [7, 11) is 0. The van der Waals surface area contributed by atoms with Crippen molar-refractivity contribution in [1.82, 2.24) is 0 Å². The molecule has 1 aliphatic rings. The van der Waals surface area contributed by atoms with E-state index in [1.807, 2.05) is 6.07 Å². The third kappa shape index (κ3) is 2.67. The van der Waals surface area contributed by atoms with Crippen LogP contribution in [-0.4, -0.2) is 17.8 Å². The van der Waals surface area contributed by atoms with E-state index < -0.39 is 11.5 Å². The molecular formula is C16H24FNO. The molecule has 1 fully saturated rings. The molecule has 0 aromatic heterocycles. The van der Waals surface area contributed by atoms with Crippen molar-refractivity contribution >= 4 is 0 Å². The first-order chi connectivity index (χ1) is 8.91. The Morgan fingerprint density at radius 3 is 2.63 bits per heavy atom. The normalized spacial score (nSPS) is 30.3. The van der Waals surface area contributed by atoms with Crippen LogP contribution in [-0.2, 0) is 6.42 Å². The van der Waals surface area contributed by atoms with Crippen LogP contribution in [0.25, 0.3) is 0 Å². The number of hydrogen-bond donors (Lipinski definition) is 2. The highest BCUT2D eigenvalue weighted by molar-refractivity contribution is 5.20. The minimum absolute atomic E-state index is 0.150. The first kappa shape index (κ1) is 14.5. The van der Waals surface area contributed by atoms with Crippen LogP contribution >= 0.6 is 0 Å². The SMILES string of the molecule is CC1(C)CCCC(CN)(Cc2ccccc2F)C1O. The van der Waals surface area contributed by atoms with E-state index in [1.165, 1.54) is 6.07 Å². The molecule has 0 spiro atoms.